The smallest absolute Gasteiger partial charge is 0.252 e. The van der Waals surface area contributed by atoms with E-state index in [9.17, 15) is 18.4 Å². The van der Waals surface area contributed by atoms with Gasteiger partial charge >= 0.3 is 0 Å². The van der Waals surface area contributed by atoms with E-state index in [0.717, 1.165) is 33.7 Å². The van der Waals surface area contributed by atoms with E-state index in [-0.39, 0.29) is 30.6 Å². The van der Waals surface area contributed by atoms with Crippen molar-refractivity contribution in [3.05, 3.63) is 99.4 Å². The number of halogens is 2. The largest absolute Gasteiger partial charge is 0.396 e. The molecular formula is C33H37F2N4O3S+. The van der Waals surface area contributed by atoms with Crippen molar-refractivity contribution in [2.24, 2.45) is 17.4 Å². The molecule has 0 radical (unpaired) electrons. The second-order valence-corrected chi connectivity index (χ2v) is 10.8. The molecule has 7 nitrogen and oxygen atoms in total. The predicted molar refractivity (Wildman–Crippen MR) is 170 cm³/mol. The number of ether oxygens (including phenoxy) is 1. The van der Waals surface area contributed by atoms with Crippen molar-refractivity contribution >= 4 is 47.0 Å². The Bertz CT molecular complexity index is 1620. The fraction of sp³-hybridized carbons (Fsp3) is 0.242. The van der Waals surface area contributed by atoms with Crippen LogP contribution < -0.4 is 27.2 Å². The van der Waals surface area contributed by atoms with E-state index in [1.165, 1.54) is 41.4 Å². The van der Waals surface area contributed by atoms with E-state index in [1.807, 2.05) is 30.0 Å². The normalized spacial score (nSPS) is 13.9. The molecule has 0 aliphatic rings. The van der Waals surface area contributed by atoms with Gasteiger partial charge in [0.2, 0.25) is 11.6 Å². The van der Waals surface area contributed by atoms with Crippen LogP contribution in [0.15, 0.2) is 71.8 Å². The fourth-order valence-electron chi connectivity index (χ4n) is 4.16. The van der Waals surface area contributed by atoms with E-state index in [2.05, 4.69) is 25.2 Å². The summed E-state index contributed by atoms with van der Waals surface area (Å²) in [5, 5.41) is 7.19. The topological polar surface area (TPSA) is 110 Å². The van der Waals surface area contributed by atoms with Gasteiger partial charge in [0, 0.05) is 29.4 Å². The lowest BCUT2D eigenvalue weighted by atomic mass is 9.99. The molecule has 0 saturated carbocycles. The number of nitrogens with one attached hydrogen (secondary N) is 1. The van der Waals surface area contributed by atoms with Crippen molar-refractivity contribution in [3.8, 4) is 11.1 Å². The van der Waals surface area contributed by atoms with Gasteiger partial charge in [-0.25, -0.2) is 8.78 Å². The number of hydrogen-bond donors (Lipinski definition) is 3. The quantitative estimate of drug-likeness (QED) is 0.0682. The molecule has 0 aromatic heterocycles. The molecule has 3 aromatic rings. The number of hydrogen-bond acceptors (Lipinski definition) is 6. The summed E-state index contributed by atoms with van der Waals surface area (Å²) in [5.41, 5.74) is 13.9. The molecule has 1 atom stereocenters. The first-order chi connectivity index (χ1) is 20.6. The van der Waals surface area contributed by atoms with Crippen LogP contribution in [0, 0.1) is 17.6 Å². The molecule has 1 unspecified atom stereocenters. The van der Waals surface area contributed by atoms with Gasteiger partial charge in [-0.1, -0.05) is 44.5 Å². The van der Waals surface area contributed by atoms with Gasteiger partial charge in [0.25, 0.3) is 5.04 Å². The van der Waals surface area contributed by atoms with Gasteiger partial charge in [-0.15, -0.1) is 0 Å². The highest BCUT2D eigenvalue weighted by Crippen LogP contribution is 2.30. The standard InChI is InChI=1S/C33H36F2N4O3S/c1-4-22(2)14-25-16-30(23-8-10-27(34)11-9-23)31(17-26(25)18-38-12-13-42-20-32(37)41)39(3)33(43-21-29(36)19-40)24-6-5-7-28(35)15-24/h5-11,14-19,21-22,38H,4,12-13,20,36H2,1-3H3,(H-,37,41)/p+1/b25-14+,26-18-,29-21-,39-33?. The Labute approximate surface area is 254 Å². The number of carbonyl (C=O) groups excluding carboxylic acids is 2. The highest BCUT2D eigenvalue weighted by molar-refractivity contribution is 8.16. The number of allylic oxidation sites excluding steroid dienone is 1. The van der Waals surface area contributed by atoms with E-state index in [0.29, 0.717) is 23.4 Å². The lowest BCUT2D eigenvalue weighted by molar-refractivity contribution is -0.400. The summed E-state index contributed by atoms with van der Waals surface area (Å²) in [6.45, 7) is 4.80. The zero-order valence-electron chi connectivity index (χ0n) is 24.5. The lowest BCUT2D eigenvalue weighted by Gasteiger charge is -2.12. The van der Waals surface area contributed by atoms with Crippen LogP contribution in [-0.2, 0) is 14.3 Å². The van der Waals surface area contributed by atoms with Crippen LogP contribution in [0.4, 0.5) is 14.5 Å². The average Bonchev–Trinajstić information content (AvgIpc) is 2.99. The molecular weight excluding hydrogens is 570 g/mol. The molecule has 0 saturated heterocycles. The van der Waals surface area contributed by atoms with Crippen molar-refractivity contribution in [1.82, 2.24) is 5.32 Å². The molecule has 43 heavy (non-hydrogen) atoms. The minimum Gasteiger partial charge on any atom is -0.396 e. The van der Waals surface area contributed by atoms with Gasteiger partial charge in [0.05, 0.1) is 23.4 Å². The zero-order chi connectivity index (χ0) is 31.4. The number of thioether (sulfide) groups is 1. The van der Waals surface area contributed by atoms with Gasteiger partial charge in [0.1, 0.15) is 25.3 Å². The Balaban J connectivity index is 2.31. The number of amides is 1. The molecule has 0 aliphatic carbocycles. The van der Waals surface area contributed by atoms with Gasteiger partial charge < -0.3 is 21.5 Å². The first-order valence-electron chi connectivity index (χ1n) is 13.8. The molecule has 1 amide bonds. The van der Waals surface area contributed by atoms with Gasteiger partial charge in [-0.05, 0) is 64.9 Å². The van der Waals surface area contributed by atoms with Crippen molar-refractivity contribution < 1.29 is 27.7 Å². The van der Waals surface area contributed by atoms with Crippen molar-refractivity contribution in [1.29, 1.82) is 0 Å². The summed E-state index contributed by atoms with van der Waals surface area (Å²) in [6.07, 6.45) is 5.52. The number of rotatable bonds is 13. The van der Waals surface area contributed by atoms with E-state index in [1.54, 1.807) is 24.3 Å². The minimum absolute atomic E-state index is 0.0290. The first-order valence-corrected chi connectivity index (χ1v) is 14.7. The Morgan fingerprint density at radius 2 is 1.81 bits per heavy atom. The molecule has 10 heteroatoms. The van der Waals surface area contributed by atoms with E-state index in [4.69, 9.17) is 16.2 Å². The number of nitrogens with zero attached hydrogens (tertiary/aromatic N) is 1. The highest BCUT2D eigenvalue weighted by Gasteiger charge is 2.22. The molecule has 0 spiro atoms. The van der Waals surface area contributed by atoms with E-state index < -0.39 is 11.7 Å². The number of carbonyl (C=O) groups is 2. The maximum absolute atomic E-state index is 14.4. The maximum atomic E-state index is 14.4. The SMILES string of the molecule is CCC(C)/C=c1\cc(-c2ccc(F)cc2)c([N+](C)=C(S/C=C(\N)C=O)c2cccc(F)c2)c\c1=C\NCCOCC(N)=O. The maximum Gasteiger partial charge on any atom is 0.252 e. The number of primary amides is 1. The number of nitrogens with two attached hydrogens (primary N) is 2. The molecule has 0 bridgehead atoms. The Morgan fingerprint density at radius 3 is 2.47 bits per heavy atom. The van der Waals surface area contributed by atoms with E-state index >= 15 is 0 Å². The first kappa shape index (κ1) is 33.2. The Hall–Kier alpha value is -4.28. The number of aldehydes is 1. The summed E-state index contributed by atoms with van der Waals surface area (Å²) in [6, 6.07) is 16.4. The van der Waals surface area contributed by atoms with Crippen LogP contribution in [0.1, 0.15) is 25.8 Å². The molecule has 3 aromatic carbocycles. The predicted octanol–water partition coefficient (Wildman–Crippen LogP) is 3.74. The van der Waals surface area contributed by atoms with Crippen molar-refractivity contribution in [3.63, 3.8) is 0 Å². The van der Waals surface area contributed by atoms with Gasteiger partial charge in [0.15, 0.2) is 6.29 Å². The van der Waals surface area contributed by atoms with Gasteiger partial charge in [-0.2, -0.15) is 4.58 Å². The third kappa shape index (κ3) is 9.90. The summed E-state index contributed by atoms with van der Waals surface area (Å²) in [7, 11) is 1.84. The van der Waals surface area contributed by atoms with Crippen LogP contribution in [0.2, 0.25) is 0 Å². The second kappa shape index (κ2) is 16.4. The lowest BCUT2D eigenvalue weighted by Crippen LogP contribution is -2.30. The van der Waals surface area contributed by atoms with Crippen molar-refractivity contribution in [2.75, 3.05) is 26.8 Å². The average molecular weight is 608 g/mol. The highest BCUT2D eigenvalue weighted by atomic mass is 32.2. The molecule has 0 heterocycles. The Kier molecular flexibility index (Phi) is 12.7. The summed E-state index contributed by atoms with van der Waals surface area (Å²) >= 11 is 1.19. The van der Waals surface area contributed by atoms with Gasteiger partial charge in [-0.3, -0.25) is 9.59 Å². The summed E-state index contributed by atoms with van der Waals surface area (Å²) < 4.78 is 35.4. The fourth-order valence-corrected chi connectivity index (χ4v) is 4.99. The van der Waals surface area contributed by atoms with Crippen LogP contribution in [-0.4, -0.2) is 48.6 Å². The van der Waals surface area contributed by atoms with Crippen LogP contribution in [0.5, 0.6) is 0 Å². The molecule has 0 aliphatic heterocycles. The number of benzene rings is 3. The third-order valence-corrected chi connectivity index (χ3v) is 7.66. The third-order valence-electron chi connectivity index (χ3n) is 6.54. The van der Waals surface area contributed by atoms with Crippen LogP contribution in [0.25, 0.3) is 23.4 Å². The molecule has 3 rings (SSSR count). The summed E-state index contributed by atoms with van der Waals surface area (Å²) in [4.78, 5) is 22.2. The zero-order valence-corrected chi connectivity index (χ0v) is 25.3. The molecule has 0 fully saturated rings. The molecule has 5 N–H and O–H groups in total. The molecule has 226 valence electrons. The van der Waals surface area contributed by atoms with Crippen molar-refractivity contribution in [2.45, 2.75) is 20.3 Å². The second-order valence-electron chi connectivity index (χ2n) is 9.90. The van der Waals surface area contributed by atoms with Crippen LogP contribution >= 0.6 is 11.8 Å². The monoisotopic (exact) mass is 607 g/mol. The van der Waals surface area contributed by atoms with Crippen LogP contribution in [0.3, 0.4) is 0 Å². The minimum atomic E-state index is -0.536. The summed E-state index contributed by atoms with van der Waals surface area (Å²) in [5.74, 6) is -1.02. The Morgan fingerprint density at radius 1 is 1.07 bits per heavy atom.